The molecule has 0 bridgehead atoms. The maximum atomic E-state index is 13.4. The van der Waals surface area contributed by atoms with Crippen LogP contribution in [0.3, 0.4) is 0 Å². The topological polar surface area (TPSA) is 17.8 Å². The van der Waals surface area contributed by atoms with E-state index >= 15 is 0 Å². The van der Waals surface area contributed by atoms with Crippen LogP contribution in [0.4, 0.5) is 26.3 Å². The van der Waals surface area contributed by atoms with E-state index in [4.69, 9.17) is 0 Å². The van der Waals surface area contributed by atoms with Crippen LogP contribution >= 0.6 is 7.92 Å². The van der Waals surface area contributed by atoms with Crippen LogP contribution in [0.15, 0.2) is 91.3 Å². The van der Waals surface area contributed by atoms with E-state index in [-0.39, 0.29) is 11.8 Å². The average Bonchev–Trinajstić information content (AvgIpc) is 3.23. The number of alkyl halides is 6. The van der Waals surface area contributed by atoms with Gasteiger partial charge in [0.15, 0.2) is 0 Å². The molecule has 0 aliphatic heterocycles. The van der Waals surface area contributed by atoms with E-state index in [9.17, 15) is 26.3 Å². The molecule has 0 aliphatic rings. The highest BCUT2D eigenvalue weighted by Crippen LogP contribution is 2.38. The van der Waals surface area contributed by atoms with Gasteiger partial charge in [-0.05, 0) is 28.8 Å². The second-order valence-electron chi connectivity index (χ2n) is 6.87. The van der Waals surface area contributed by atoms with Crippen LogP contribution in [-0.4, -0.2) is 9.55 Å². The molecular weight excluding hydrogens is 449 g/mol. The van der Waals surface area contributed by atoms with E-state index in [2.05, 4.69) is 4.98 Å². The maximum Gasteiger partial charge on any atom is 0.416 e. The van der Waals surface area contributed by atoms with Crippen molar-refractivity contribution in [2.45, 2.75) is 12.4 Å². The van der Waals surface area contributed by atoms with Crippen molar-refractivity contribution in [1.29, 1.82) is 0 Å². The standard InChI is InChI=1S/C23H15F6N2P/c24-22(25,26)16-13-17(23(27,28)29)15-18(14-16)31-12-11-30-21(31)32(19-7-3-1-4-8-19)20-9-5-2-6-10-20/h1-15H. The Kier molecular flexibility index (Phi) is 5.82. The van der Waals surface area contributed by atoms with Crippen LogP contribution in [0.5, 0.6) is 0 Å². The molecular formula is C23H15F6N2P. The van der Waals surface area contributed by atoms with Crippen LogP contribution < -0.4 is 16.2 Å². The number of halogens is 6. The highest BCUT2D eigenvalue weighted by molar-refractivity contribution is 7.79. The van der Waals surface area contributed by atoms with Crippen molar-refractivity contribution in [2.75, 3.05) is 0 Å². The summed E-state index contributed by atoms with van der Waals surface area (Å²) in [6, 6.07) is 20.0. The Morgan fingerprint density at radius 2 is 1.12 bits per heavy atom. The molecule has 0 saturated carbocycles. The van der Waals surface area contributed by atoms with Crippen molar-refractivity contribution in [3.63, 3.8) is 0 Å². The number of benzene rings is 3. The molecule has 0 radical (unpaired) electrons. The molecule has 0 amide bonds. The molecule has 32 heavy (non-hydrogen) atoms. The van der Waals surface area contributed by atoms with Crippen molar-refractivity contribution >= 4 is 24.1 Å². The Morgan fingerprint density at radius 1 is 0.656 bits per heavy atom. The molecule has 0 N–H and O–H groups in total. The van der Waals surface area contributed by atoms with E-state index in [0.29, 0.717) is 17.7 Å². The smallest absolute Gasteiger partial charge is 0.300 e. The summed E-state index contributed by atoms with van der Waals surface area (Å²) in [6.45, 7) is 0. The molecule has 0 aliphatic carbocycles. The van der Waals surface area contributed by atoms with Crippen LogP contribution in [0.25, 0.3) is 5.69 Å². The fraction of sp³-hybridized carbons (Fsp3) is 0.0870. The molecule has 0 unspecified atom stereocenters. The third-order valence-electron chi connectivity index (χ3n) is 4.70. The van der Waals surface area contributed by atoms with E-state index in [1.54, 1.807) is 0 Å². The minimum atomic E-state index is -4.93. The van der Waals surface area contributed by atoms with Gasteiger partial charge in [-0.15, -0.1) is 0 Å². The summed E-state index contributed by atoms with van der Waals surface area (Å²) in [5, 5.41) is 1.73. The van der Waals surface area contributed by atoms with E-state index in [1.807, 2.05) is 60.7 Å². The molecule has 164 valence electrons. The van der Waals surface area contributed by atoms with Crippen molar-refractivity contribution in [1.82, 2.24) is 9.55 Å². The van der Waals surface area contributed by atoms with Gasteiger partial charge in [-0.25, -0.2) is 4.98 Å². The minimum Gasteiger partial charge on any atom is -0.300 e. The van der Waals surface area contributed by atoms with Gasteiger partial charge in [0, 0.05) is 26.0 Å². The van der Waals surface area contributed by atoms with Gasteiger partial charge in [0.25, 0.3) is 0 Å². The summed E-state index contributed by atoms with van der Waals surface area (Å²) in [7, 11) is -1.34. The lowest BCUT2D eigenvalue weighted by molar-refractivity contribution is -0.143. The zero-order valence-electron chi connectivity index (χ0n) is 16.3. The third-order valence-corrected chi connectivity index (χ3v) is 7.06. The number of rotatable bonds is 4. The molecule has 1 heterocycles. The van der Waals surface area contributed by atoms with E-state index in [0.717, 1.165) is 10.6 Å². The first-order chi connectivity index (χ1) is 15.1. The molecule has 2 nitrogen and oxygen atoms in total. The first kappa shape index (κ1) is 22.1. The third kappa shape index (κ3) is 4.55. The second kappa shape index (κ2) is 8.43. The van der Waals surface area contributed by atoms with Crippen molar-refractivity contribution in [3.05, 3.63) is 102 Å². The van der Waals surface area contributed by atoms with Gasteiger partial charge in [-0.2, -0.15) is 26.3 Å². The van der Waals surface area contributed by atoms with Crippen molar-refractivity contribution < 1.29 is 26.3 Å². The molecule has 0 saturated heterocycles. The second-order valence-corrected chi connectivity index (χ2v) is 8.97. The van der Waals surface area contributed by atoms with Crippen LogP contribution in [0.2, 0.25) is 0 Å². The molecule has 4 aromatic rings. The molecule has 1 aromatic heterocycles. The first-order valence-corrected chi connectivity index (χ1v) is 10.7. The Labute approximate surface area is 180 Å². The van der Waals surface area contributed by atoms with Crippen LogP contribution in [0.1, 0.15) is 11.1 Å². The molecule has 0 fully saturated rings. The largest absolute Gasteiger partial charge is 0.416 e. The average molecular weight is 464 g/mol. The predicted molar refractivity (Wildman–Crippen MR) is 112 cm³/mol. The Balaban J connectivity index is 1.93. The highest BCUT2D eigenvalue weighted by atomic mass is 31.1. The maximum absolute atomic E-state index is 13.4. The Hall–Kier alpha value is -3.12. The summed E-state index contributed by atoms with van der Waals surface area (Å²) >= 11 is 0. The van der Waals surface area contributed by atoms with Crippen LogP contribution in [-0.2, 0) is 12.4 Å². The lowest BCUT2D eigenvalue weighted by atomic mass is 10.1. The van der Waals surface area contributed by atoms with Gasteiger partial charge in [0.05, 0.1) is 11.1 Å². The summed E-state index contributed by atoms with van der Waals surface area (Å²) in [4.78, 5) is 4.36. The van der Waals surface area contributed by atoms with Gasteiger partial charge in [-0.1, -0.05) is 60.7 Å². The first-order valence-electron chi connectivity index (χ1n) is 9.38. The molecule has 9 heteroatoms. The van der Waals surface area contributed by atoms with Gasteiger partial charge < -0.3 is 0 Å². The summed E-state index contributed by atoms with van der Waals surface area (Å²) in [5.41, 5.74) is -2.62. The molecule has 0 atom stereocenters. The quantitative estimate of drug-likeness (QED) is 0.281. The summed E-state index contributed by atoms with van der Waals surface area (Å²) < 4.78 is 81.6. The zero-order valence-corrected chi connectivity index (χ0v) is 17.2. The number of nitrogens with zero attached hydrogens (tertiary/aromatic N) is 2. The SMILES string of the molecule is FC(F)(F)c1cc(-n2ccnc2P(c2ccccc2)c2ccccc2)cc(C(F)(F)F)c1. The molecule has 4 rings (SSSR count). The summed E-state index contributed by atoms with van der Waals surface area (Å²) in [6.07, 6.45) is -7.10. The number of imidazole rings is 1. The van der Waals surface area contributed by atoms with Crippen LogP contribution in [0, 0.1) is 0 Å². The van der Waals surface area contributed by atoms with E-state index < -0.39 is 31.4 Å². The Bertz CT molecular complexity index is 1130. The Morgan fingerprint density at radius 3 is 1.56 bits per heavy atom. The van der Waals surface area contributed by atoms with Crippen molar-refractivity contribution in [3.8, 4) is 5.69 Å². The molecule has 3 aromatic carbocycles. The summed E-state index contributed by atoms with van der Waals surface area (Å²) in [5.74, 6) is 0. The minimum absolute atomic E-state index is 0.122. The fourth-order valence-corrected chi connectivity index (χ4v) is 5.55. The molecule has 0 spiro atoms. The van der Waals surface area contributed by atoms with Gasteiger partial charge in [0.2, 0.25) is 0 Å². The highest BCUT2D eigenvalue weighted by Gasteiger charge is 2.37. The lowest BCUT2D eigenvalue weighted by Gasteiger charge is -2.21. The normalized spacial score (nSPS) is 12.3. The predicted octanol–water partition coefficient (Wildman–Crippen LogP) is 5.67. The fourth-order valence-electron chi connectivity index (χ4n) is 3.27. The zero-order chi connectivity index (χ0) is 22.9. The monoisotopic (exact) mass is 464 g/mol. The van der Waals surface area contributed by atoms with Crippen molar-refractivity contribution in [2.24, 2.45) is 0 Å². The van der Waals surface area contributed by atoms with Gasteiger partial charge >= 0.3 is 12.4 Å². The van der Waals surface area contributed by atoms with Gasteiger partial charge in [-0.3, -0.25) is 4.57 Å². The number of aromatic nitrogens is 2. The number of hydrogen-bond acceptors (Lipinski definition) is 1. The van der Waals surface area contributed by atoms with Gasteiger partial charge in [0.1, 0.15) is 5.57 Å². The number of hydrogen-bond donors (Lipinski definition) is 0. The van der Waals surface area contributed by atoms with E-state index in [1.165, 1.54) is 17.0 Å². The lowest BCUT2D eigenvalue weighted by Crippen LogP contribution is -2.27.